The molecule has 0 spiro atoms. The molecule has 0 nitrogen and oxygen atoms in total. The molecule has 98 valence electrons. The molecular weight excluding hydrogens is 234 g/mol. The van der Waals surface area contributed by atoms with Gasteiger partial charge in [0.25, 0.3) is 0 Å². The minimum Gasteiger partial charge on any atom is -0.237 e. The largest absolute Gasteiger partial charge is 0.456 e. The Hall–Kier alpha value is -0.420. The van der Waals surface area contributed by atoms with E-state index in [1.165, 1.54) is 0 Å². The monoisotopic (exact) mass is 250 g/mol. The van der Waals surface area contributed by atoms with Crippen LogP contribution in [-0.4, -0.2) is 17.8 Å². The van der Waals surface area contributed by atoms with Crippen LogP contribution >= 0.6 is 0 Å². The summed E-state index contributed by atoms with van der Waals surface area (Å²) < 4.78 is 75.4. The Balaban J connectivity index is 4.89. The second kappa shape index (κ2) is 4.84. The van der Waals surface area contributed by atoms with Gasteiger partial charge >= 0.3 is 12.1 Å². The van der Waals surface area contributed by atoms with Crippen LogP contribution in [-0.2, 0) is 0 Å². The molecule has 0 aliphatic carbocycles. The molecule has 2 atom stereocenters. The average Bonchev–Trinajstić information content (AvgIpc) is 2.11. The highest BCUT2D eigenvalue weighted by Gasteiger charge is 2.70. The molecule has 0 saturated carbocycles. The van der Waals surface area contributed by atoms with Gasteiger partial charge in [0.05, 0.1) is 0 Å². The summed E-state index contributed by atoms with van der Waals surface area (Å²) in [4.78, 5) is 0. The van der Waals surface area contributed by atoms with Crippen LogP contribution in [0.4, 0.5) is 26.3 Å². The van der Waals surface area contributed by atoms with E-state index in [1.54, 1.807) is 6.92 Å². The fourth-order valence-electron chi connectivity index (χ4n) is 1.37. The SMILES string of the molecule is CCCCC(C)C(C)(F)C(F)(F)C(F)(F)F. The maximum Gasteiger partial charge on any atom is 0.456 e. The zero-order valence-electron chi connectivity index (χ0n) is 9.47. The minimum absolute atomic E-state index is 0.00910. The lowest BCUT2D eigenvalue weighted by Crippen LogP contribution is -2.55. The topological polar surface area (TPSA) is 0 Å². The molecule has 2 unspecified atom stereocenters. The highest BCUT2D eigenvalue weighted by atomic mass is 19.4. The van der Waals surface area contributed by atoms with Crippen LogP contribution in [0.2, 0.25) is 0 Å². The van der Waals surface area contributed by atoms with Crippen molar-refractivity contribution in [1.82, 2.24) is 0 Å². The lowest BCUT2D eigenvalue weighted by molar-refractivity contribution is -0.332. The van der Waals surface area contributed by atoms with Gasteiger partial charge in [0.1, 0.15) is 0 Å². The van der Waals surface area contributed by atoms with Gasteiger partial charge in [-0.15, -0.1) is 0 Å². The molecule has 0 aromatic carbocycles. The quantitative estimate of drug-likeness (QED) is 0.618. The predicted octanol–water partition coefficient (Wildman–Crippen LogP) is 4.74. The van der Waals surface area contributed by atoms with Crippen molar-refractivity contribution < 1.29 is 26.3 Å². The highest BCUT2D eigenvalue weighted by molar-refractivity contribution is 4.98. The average molecular weight is 250 g/mol. The van der Waals surface area contributed by atoms with Crippen molar-refractivity contribution in [3.63, 3.8) is 0 Å². The van der Waals surface area contributed by atoms with Gasteiger partial charge in [0.15, 0.2) is 5.67 Å². The van der Waals surface area contributed by atoms with E-state index in [4.69, 9.17) is 0 Å². The molecule has 0 aromatic rings. The van der Waals surface area contributed by atoms with Gasteiger partial charge in [-0.25, -0.2) is 4.39 Å². The van der Waals surface area contributed by atoms with Crippen molar-refractivity contribution in [2.45, 2.75) is 57.8 Å². The predicted molar refractivity (Wildman–Crippen MR) is 49.2 cm³/mol. The summed E-state index contributed by atoms with van der Waals surface area (Å²) in [6, 6.07) is 0. The minimum atomic E-state index is -5.85. The van der Waals surface area contributed by atoms with E-state index >= 15 is 0 Å². The summed E-state index contributed by atoms with van der Waals surface area (Å²) in [5.41, 5.74) is -3.57. The second-order valence-electron chi connectivity index (χ2n) is 4.19. The van der Waals surface area contributed by atoms with E-state index in [0.29, 0.717) is 19.8 Å². The van der Waals surface area contributed by atoms with Crippen molar-refractivity contribution >= 4 is 0 Å². The molecule has 0 saturated heterocycles. The number of hydrogen-bond acceptors (Lipinski definition) is 0. The molecule has 0 aliphatic heterocycles. The van der Waals surface area contributed by atoms with Crippen LogP contribution in [0.25, 0.3) is 0 Å². The maximum absolute atomic E-state index is 13.6. The third-order valence-electron chi connectivity index (χ3n) is 2.89. The first-order valence-electron chi connectivity index (χ1n) is 5.12. The van der Waals surface area contributed by atoms with Gasteiger partial charge in [-0.1, -0.05) is 26.7 Å². The molecule has 0 fully saturated rings. The van der Waals surface area contributed by atoms with E-state index in [1.807, 2.05) is 0 Å². The Morgan fingerprint density at radius 3 is 1.75 bits per heavy atom. The summed E-state index contributed by atoms with van der Waals surface area (Å²) in [6.07, 6.45) is -4.79. The summed E-state index contributed by atoms with van der Waals surface area (Å²) in [7, 11) is 0. The van der Waals surface area contributed by atoms with Crippen molar-refractivity contribution in [3.05, 3.63) is 0 Å². The molecule has 0 aromatic heterocycles. The number of unbranched alkanes of at least 4 members (excludes halogenated alkanes) is 1. The Morgan fingerprint density at radius 1 is 1.00 bits per heavy atom. The van der Waals surface area contributed by atoms with E-state index < -0.39 is 23.7 Å². The van der Waals surface area contributed by atoms with Gasteiger partial charge < -0.3 is 0 Å². The lowest BCUT2D eigenvalue weighted by atomic mass is 9.83. The second-order valence-corrected chi connectivity index (χ2v) is 4.19. The molecular formula is C10H16F6. The standard InChI is InChI=1S/C10H16F6/c1-4-5-6-7(2)8(3,11)9(12,13)10(14,15)16/h7H,4-6H2,1-3H3. The van der Waals surface area contributed by atoms with E-state index in [9.17, 15) is 26.3 Å². The number of rotatable bonds is 5. The van der Waals surface area contributed by atoms with Crippen LogP contribution in [0.3, 0.4) is 0 Å². The van der Waals surface area contributed by atoms with Crippen LogP contribution in [0.15, 0.2) is 0 Å². The van der Waals surface area contributed by atoms with Gasteiger partial charge in [0, 0.05) is 0 Å². The summed E-state index contributed by atoms with van der Waals surface area (Å²) >= 11 is 0. The van der Waals surface area contributed by atoms with Gasteiger partial charge in [-0.2, -0.15) is 22.0 Å². The lowest BCUT2D eigenvalue weighted by Gasteiger charge is -2.36. The smallest absolute Gasteiger partial charge is 0.237 e. The van der Waals surface area contributed by atoms with Crippen molar-refractivity contribution in [1.29, 1.82) is 0 Å². The molecule has 0 rings (SSSR count). The van der Waals surface area contributed by atoms with Crippen molar-refractivity contribution in [3.8, 4) is 0 Å². The van der Waals surface area contributed by atoms with E-state index in [0.717, 1.165) is 6.92 Å². The molecule has 0 aliphatic rings. The molecule has 16 heavy (non-hydrogen) atoms. The summed E-state index contributed by atoms with van der Waals surface area (Å²) in [6.45, 7) is 3.15. The molecule has 0 radical (unpaired) electrons. The number of hydrogen-bond donors (Lipinski definition) is 0. The van der Waals surface area contributed by atoms with Crippen molar-refractivity contribution in [2.24, 2.45) is 5.92 Å². The number of halogens is 6. The first-order chi connectivity index (χ1) is 6.98. The third kappa shape index (κ3) is 2.83. The molecule has 6 heteroatoms. The molecule has 0 amide bonds. The summed E-state index contributed by atoms with van der Waals surface area (Å²) in [5.74, 6) is -6.66. The Labute approximate surface area is 91.0 Å². The van der Waals surface area contributed by atoms with Crippen LogP contribution < -0.4 is 0 Å². The van der Waals surface area contributed by atoms with E-state index in [-0.39, 0.29) is 6.42 Å². The fourth-order valence-corrected chi connectivity index (χ4v) is 1.37. The highest BCUT2D eigenvalue weighted by Crippen LogP contribution is 2.49. The molecule has 0 N–H and O–H groups in total. The Morgan fingerprint density at radius 2 is 1.44 bits per heavy atom. The number of alkyl halides is 6. The zero-order chi connectivity index (χ0) is 13.2. The fraction of sp³-hybridized carbons (Fsp3) is 1.00. The van der Waals surface area contributed by atoms with Crippen LogP contribution in [0, 0.1) is 5.92 Å². The zero-order valence-corrected chi connectivity index (χ0v) is 9.47. The van der Waals surface area contributed by atoms with Crippen LogP contribution in [0.5, 0.6) is 0 Å². The van der Waals surface area contributed by atoms with Gasteiger partial charge in [-0.3, -0.25) is 0 Å². The Bertz CT molecular complexity index is 218. The van der Waals surface area contributed by atoms with Crippen LogP contribution in [0.1, 0.15) is 40.0 Å². The first kappa shape index (κ1) is 15.6. The van der Waals surface area contributed by atoms with E-state index in [2.05, 4.69) is 0 Å². The van der Waals surface area contributed by atoms with Crippen molar-refractivity contribution in [2.75, 3.05) is 0 Å². The molecule has 0 heterocycles. The van der Waals surface area contributed by atoms with Gasteiger partial charge in [-0.05, 0) is 19.3 Å². The first-order valence-corrected chi connectivity index (χ1v) is 5.12. The summed E-state index contributed by atoms with van der Waals surface area (Å²) in [5, 5.41) is 0. The third-order valence-corrected chi connectivity index (χ3v) is 2.89. The Kier molecular flexibility index (Phi) is 4.71. The van der Waals surface area contributed by atoms with Gasteiger partial charge in [0.2, 0.25) is 0 Å². The molecule has 0 bridgehead atoms. The maximum atomic E-state index is 13.6. The normalized spacial score (nSPS) is 19.3.